The highest BCUT2D eigenvalue weighted by atomic mass is 32.1. The molecule has 3 heterocycles. The molecular weight excluding hydrogens is 262 g/mol. The van der Waals surface area contributed by atoms with Gasteiger partial charge in [-0.25, -0.2) is 4.98 Å². The van der Waals surface area contributed by atoms with Crippen LogP contribution < -0.4 is 5.32 Å². The summed E-state index contributed by atoms with van der Waals surface area (Å²) < 4.78 is 2.13. The number of amides is 1. The Morgan fingerprint density at radius 2 is 2.37 bits per heavy atom. The normalized spacial score (nSPS) is 18.7. The summed E-state index contributed by atoms with van der Waals surface area (Å²) in [4.78, 5) is 16.0. The van der Waals surface area contributed by atoms with Gasteiger partial charge in [0.25, 0.3) is 5.91 Å². The maximum absolute atomic E-state index is 12.0. The number of hydrogen-bond acceptors (Lipinski definition) is 5. The zero-order valence-corrected chi connectivity index (χ0v) is 11.5. The van der Waals surface area contributed by atoms with Crippen LogP contribution in [0.3, 0.4) is 0 Å². The number of carbonyl (C=O) groups excluding carboxylic acids is 1. The van der Waals surface area contributed by atoms with Crippen LogP contribution in [0.1, 0.15) is 35.0 Å². The van der Waals surface area contributed by atoms with Gasteiger partial charge < -0.3 is 9.88 Å². The maximum atomic E-state index is 12.0. The molecule has 7 heteroatoms. The molecule has 1 aliphatic heterocycles. The van der Waals surface area contributed by atoms with Crippen molar-refractivity contribution in [3.63, 3.8) is 0 Å². The van der Waals surface area contributed by atoms with Crippen LogP contribution in [0.15, 0.2) is 10.9 Å². The Balaban J connectivity index is 1.64. The van der Waals surface area contributed by atoms with Crippen molar-refractivity contribution in [1.82, 2.24) is 25.1 Å². The van der Waals surface area contributed by atoms with E-state index in [0.29, 0.717) is 5.69 Å². The monoisotopic (exact) mass is 277 g/mol. The lowest BCUT2D eigenvalue weighted by molar-refractivity contribution is 0.0928. The lowest BCUT2D eigenvalue weighted by Gasteiger charge is -2.15. The molecule has 0 aromatic carbocycles. The number of hydrogen-bond donors (Lipinski definition) is 1. The first-order valence-corrected chi connectivity index (χ1v) is 7.26. The summed E-state index contributed by atoms with van der Waals surface area (Å²) in [5.41, 5.74) is 2.18. The van der Waals surface area contributed by atoms with E-state index < -0.39 is 0 Å². The zero-order valence-electron chi connectivity index (χ0n) is 10.7. The van der Waals surface area contributed by atoms with Crippen molar-refractivity contribution < 1.29 is 4.79 Å². The Labute approximate surface area is 114 Å². The molecule has 1 amide bonds. The third-order valence-corrected chi connectivity index (χ3v) is 4.02. The maximum Gasteiger partial charge on any atom is 0.270 e. The standard InChI is InChI=1S/C12H15N5OS/c1-8-15-16-11-3-2-9(4-5-17(8)11)14-12(18)10-6-19-7-13-10/h6-7,9H,2-5H2,1H3,(H,14,18). The zero-order chi connectivity index (χ0) is 13.2. The lowest BCUT2D eigenvalue weighted by Crippen LogP contribution is -2.35. The first kappa shape index (κ1) is 12.3. The predicted molar refractivity (Wildman–Crippen MR) is 71.1 cm³/mol. The van der Waals surface area contributed by atoms with Crippen LogP contribution in [-0.2, 0) is 13.0 Å². The highest BCUT2D eigenvalue weighted by Crippen LogP contribution is 2.15. The third kappa shape index (κ3) is 2.51. The van der Waals surface area contributed by atoms with Crippen molar-refractivity contribution in [2.75, 3.05) is 0 Å². The van der Waals surface area contributed by atoms with Gasteiger partial charge in [-0.2, -0.15) is 0 Å². The van der Waals surface area contributed by atoms with Crippen molar-refractivity contribution >= 4 is 17.2 Å². The van der Waals surface area contributed by atoms with Gasteiger partial charge in [0.15, 0.2) is 0 Å². The van der Waals surface area contributed by atoms with Crippen LogP contribution in [0.4, 0.5) is 0 Å². The van der Waals surface area contributed by atoms with E-state index in [4.69, 9.17) is 0 Å². The number of aryl methyl sites for hydroxylation is 2. The second kappa shape index (κ2) is 5.08. The van der Waals surface area contributed by atoms with E-state index in [1.807, 2.05) is 6.92 Å². The fourth-order valence-electron chi connectivity index (χ4n) is 2.36. The van der Waals surface area contributed by atoms with E-state index in [9.17, 15) is 4.79 Å². The summed E-state index contributed by atoms with van der Waals surface area (Å²) in [6, 6.07) is 0.176. The Morgan fingerprint density at radius 1 is 1.47 bits per heavy atom. The van der Waals surface area contributed by atoms with Gasteiger partial charge in [0, 0.05) is 24.4 Å². The molecule has 0 spiro atoms. The van der Waals surface area contributed by atoms with Crippen molar-refractivity contribution in [1.29, 1.82) is 0 Å². The SMILES string of the molecule is Cc1nnc2n1CCC(NC(=O)c1cscn1)CC2. The number of nitrogens with zero attached hydrogens (tertiary/aromatic N) is 4. The molecule has 19 heavy (non-hydrogen) atoms. The first-order valence-electron chi connectivity index (χ1n) is 6.32. The summed E-state index contributed by atoms with van der Waals surface area (Å²) in [7, 11) is 0. The van der Waals surface area contributed by atoms with Gasteiger partial charge in [0.2, 0.25) is 0 Å². The quantitative estimate of drug-likeness (QED) is 0.894. The average molecular weight is 277 g/mol. The molecule has 6 nitrogen and oxygen atoms in total. The molecule has 0 bridgehead atoms. The molecule has 100 valence electrons. The van der Waals surface area contributed by atoms with Crippen molar-refractivity contribution in [2.45, 2.75) is 38.8 Å². The van der Waals surface area contributed by atoms with Crippen molar-refractivity contribution in [3.05, 3.63) is 28.2 Å². The van der Waals surface area contributed by atoms with E-state index in [1.54, 1.807) is 10.9 Å². The molecule has 1 unspecified atom stereocenters. The van der Waals surface area contributed by atoms with Crippen molar-refractivity contribution in [3.8, 4) is 0 Å². The molecule has 0 radical (unpaired) electrons. The minimum Gasteiger partial charge on any atom is -0.348 e. The van der Waals surface area contributed by atoms with E-state index in [1.165, 1.54) is 11.3 Å². The van der Waals surface area contributed by atoms with Crippen molar-refractivity contribution in [2.24, 2.45) is 0 Å². The molecule has 2 aromatic rings. The molecule has 0 fully saturated rings. The molecule has 0 saturated heterocycles. The molecule has 1 aliphatic rings. The van der Waals surface area contributed by atoms with Crippen LogP contribution in [0.25, 0.3) is 0 Å². The summed E-state index contributed by atoms with van der Waals surface area (Å²) in [5, 5.41) is 13.1. The minimum absolute atomic E-state index is 0.0827. The second-order valence-corrected chi connectivity index (χ2v) is 5.41. The topological polar surface area (TPSA) is 72.7 Å². The average Bonchev–Trinajstić information content (AvgIpc) is 2.99. The minimum atomic E-state index is -0.0827. The van der Waals surface area contributed by atoms with E-state index in [2.05, 4.69) is 25.1 Å². The molecular formula is C12H15N5OS. The number of fused-ring (bicyclic) bond motifs is 1. The Bertz CT molecular complexity index is 577. The van der Waals surface area contributed by atoms with Gasteiger partial charge in [-0.3, -0.25) is 4.79 Å². The van der Waals surface area contributed by atoms with E-state index in [0.717, 1.165) is 37.5 Å². The molecule has 0 saturated carbocycles. The fourth-order valence-corrected chi connectivity index (χ4v) is 2.89. The number of aromatic nitrogens is 4. The number of carbonyl (C=O) groups is 1. The van der Waals surface area contributed by atoms with Gasteiger partial charge in [0.1, 0.15) is 17.3 Å². The molecule has 1 atom stereocenters. The molecule has 1 N–H and O–H groups in total. The second-order valence-electron chi connectivity index (χ2n) is 4.69. The fraction of sp³-hybridized carbons (Fsp3) is 0.500. The highest BCUT2D eigenvalue weighted by molar-refractivity contribution is 7.07. The summed E-state index contributed by atoms with van der Waals surface area (Å²) in [6.45, 7) is 2.82. The van der Waals surface area contributed by atoms with Gasteiger partial charge in [0.05, 0.1) is 5.51 Å². The first-order chi connectivity index (χ1) is 9.24. The van der Waals surface area contributed by atoms with Crippen LogP contribution >= 0.6 is 11.3 Å². The van der Waals surface area contributed by atoms with Crippen LogP contribution in [-0.4, -0.2) is 31.7 Å². The van der Waals surface area contributed by atoms with E-state index >= 15 is 0 Å². The number of thiazole rings is 1. The van der Waals surface area contributed by atoms with Gasteiger partial charge in [-0.15, -0.1) is 21.5 Å². The Kier molecular flexibility index (Phi) is 3.29. The molecule has 2 aromatic heterocycles. The van der Waals surface area contributed by atoms with Gasteiger partial charge in [-0.1, -0.05) is 0 Å². The Hall–Kier alpha value is -1.76. The van der Waals surface area contributed by atoms with Crippen LogP contribution in [0.5, 0.6) is 0 Å². The number of rotatable bonds is 2. The van der Waals surface area contributed by atoms with Gasteiger partial charge in [-0.05, 0) is 19.8 Å². The number of nitrogens with one attached hydrogen (secondary N) is 1. The third-order valence-electron chi connectivity index (χ3n) is 3.43. The van der Waals surface area contributed by atoms with Crippen LogP contribution in [0.2, 0.25) is 0 Å². The van der Waals surface area contributed by atoms with E-state index in [-0.39, 0.29) is 11.9 Å². The summed E-state index contributed by atoms with van der Waals surface area (Å²) in [6.07, 6.45) is 2.65. The van der Waals surface area contributed by atoms with Crippen LogP contribution in [0, 0.1) is 6.92 Å². The molecule has 3 rings (SSSR count). The highest BCUT2D eigenvalue weighted by Gasteiger charge is 2.21. The predicted octanol–water partition coefficient (Wildman–Crippen LogP) is 1.18. The Morgan fingerprint density at radius 3 is 3.16 bits per heavy atom. The molecule has 0 aliphatic carbocycles. The van der Waals surface area contributed by atoms with Gasteiger partial charge >= 0.3 is 0 Å². The summed E-state index contributed by atoms with van der Waals surface area (Å²) >= 11 is 1.43. The smallest absolute Gasteiger partial charge is 0.270 e. The largest absolute Gasteiger partial charge is 0.348 e. The summed E-state index contributed by atoms with van der Waals surface area (Å²) in [5.74, 6) is 1.88. The lowest BCUT2D eigenvalue weighted by atomic mass is 10.1.